The monoisotopic (exact) mass is 857 g/mol. The van der Waals surface area contributed by atoms with Gasteiger partial charge in [-0.05, 0) is 96.3 Å². The lowest BCUT2D eigenvalue weighted by Gasteiger charge is -2.18. The molecule has 356 valence electrons. The fourth-order valence-corrected chi connectivity index (χ4v) is 7.54. The highest BCUT2D eigenvalue weighted by Crippen LogP contribution is 2.14. The molecule has 0 aromatic carbocycles. The van der Waals surface area contributed by atoms with Crippen LogP contribution in [0.15, 0.2) is 36.5 Å². The van der Waals surface area contributed by atoms with Crippen LogP contribution in [0.2, 0.25) is 0 Å². The van der Waals surface area contributed by atoms with Gasteiger partial charge < -0.3 is 14.2 Å². The van der Waals surface area contributed by atoms with E-state index in [1.807, 2.05) is 0 Å². The van der Waals surface area contributed by atoms with Crippen LogP contribution >= 0.6 is 0 Å². The van der Waals surface area contributed by atoms with E-state index >= 15 is 0 Å². The van der Waals surface area contributed by atoms with Crippen LogP contribution in [0.4, 0.5) is 0 Å². The first-order valence-electron chi connectivity index (χ1n) is 26.5. The predicted molar refractivity (Wildman–Crippen MR) is 261 cm³/mol. The van der Waals surface area contributed by atoms with Gasteiger partial charge in [-0.3, -0.25) is 14.4 Å². The smallest absolute Gasteiger partial charge is 0.306 e. The van der Waals surface area contributed by atoms with Crippen LogP contribution in [0.25, 0.3) is 0 Å². The number of carbonyl (C=O) groups excluding carboxylic acids is 3. The van der Waals surface area contributed by atoms with Crippen molar-refractivity contribution >= 4 is 17.9 Å². The largest absolute Gasteiger partial charge is 0.462 e. The number of hydrogen-bond donors (Lipinski definition) is 0. The first-order chi connectivity index (χ1) is 30.0. The van der Waals surface area contributed by atoms with Gasteiger partial charge in [0.25, 0.3) is 0 Å². The molecule has 0 amide bonds. The molecule has 0 saturated heterocycles. The highest BCUT2D eigenvalue weighted by atomic mass is 16.6. The molecule has 0 aromatic rings. The Morgan fingerprint density at radius 2 is 0.541 bits per heavy atom. The van der Waals surface area contributed by atoms with E-state index < -0.39 is 6.10 Å². The summed E-state index contributed by atoms with van der Waals surface area (Å²) in [5.74, 6) is -0.896. The van der Waals surface area contributed by atoms with Crippen LogP contribution in [-0.4, -0.2) is 37.2 Å². The first-order valence-corrected chi connectivity index (χ1v) is 26.5. The Labute approximate surface area is 378 Å². The molecular formula is C55H100O6. The summed E-state index contributed by atoms with van der Waals surface area (Å²) in [6.45, 7) is 6.61. The van der Waals surface area contributed by atoms with Crippen molar-refractivity contribution in [1.82, 2.24) is 0 Å². The Kier molecular flexibility index (Phi) is 48.3. The van der Waals surface area contributed by atoms with Crippen molar-refractivity contribution in [3.63, 3.8) is 0 Å². The molecule has 0 unspecified atom stereocenters. The zero-order valence-electron chi connectivity index (χ0n) is 40.7. The van der Waals surface area contributed by atoms with E-state index in [2.05, 4.69) is 57.2 Å². The minimum absolute atomic E-state index is 0.0809. The normalized spacial score (nSPS) is 11.8. The molecule has 0 spiro atoms. The molecule has 61 heavy (non-hydrogen) atoms. The topological polar surface area (TPSA) is 78.9 Å². The van der Waals surface area contributed by atoms with Gasteiger partial charge in [-0.2, -0.15) is 0 Å². The Morgan fingerprint density at radius 1 is 0.311 bits per heavy atom. The van der Waals surface area contributed by atoms with Gasteiger partial charge in [0.15, 0.2) is 6.10 Å². The second-order valence-electron chi connectivity index (χ2n) is 17.8. The second kappa shape index (κ2) is 50.3. The summed E-state index contributed by atoms with van der Waals surface area (Å²) >= 11 is 0. The molecule has 6 heteroatoms. The first kappa shape index (κ1) is 58.6. The fraction of sp³-hybridized carbons (Fsp3) is 0.836. The summed E-state index contributed by atoms with van der Waals surface area (Å²) in [7, 11) is 0. The highest BCUT2D eigenvalue weighted by molar-refractivity contribution is 5.71. The van der Waals surface area contributed by atoms with Crippen molar-refractivity contribution in [3.8, 4) is 0 Å². The van der Waals surface area contributed by atoms with Gasteiger partial charge in [0.1, 0.15) is 13.2 Å². The number of hydrogen-bond acceptors (Lipinski definition) is 6. The van der Waals surface area contributed by atoms with Crippen molar-refractivity contribution in [1.29, 1.82) is 0 Å². The van der Waals surface area contributed by atoms with Crippen molar-refractivity contribution < 1.29 is 28.6 Å². The van der Waals surface area contributed by atoms with Crippen LogP contribution in [0.5, 0.6) is 0 Å². The summed E-state index contributed by atoms with van der Waals surface area (Å²) in [6.07, 6.45) is 58.4. The van der Waals surface area contributed by atoms with Gasteiger partial charge in [-0.1, -0.05) is 198 Å². The van der Waals surface area contributed by atoms with E-state index in [1.54, 1.807) is 0 Å². The third-order valence-electron chi connectivity index (χ3n) is 11.6. The van der Waals surface area contributed by atoms with Gasteiger partial charge in [-0.25, -0.2) is 0 Å². The molecule has 0 aromatic heterocycles. The third-order valence-corrected chi connectivity index (χ3v) is 11.6. The van der Waals surface area contributed by atoms with Crippen molar-refractivity contribution in [3.05, 3.63) is 36.5 Å². The number of esters is 3. The summed E-state index contributed by atoms with van der Waals surface area (Å²) in [6, 6.07) is 0. The number of allylic oxidation sites excluding steroid dienone is 6. The zero-order chi connectivity index (χ0) is 44.4. The minimum Gasteiger partial charge on any atom is -0.462 e. The summed E-state index contributed by atoms with van der Waals surface area (Å²) in [5.41, 5.74) is 0. The molecule has 0 aliphatic carbocycles. The van der Waals surface area contributed by atoms with E-state index in [0.717, 1.165) is 83.5 Å². The Hall–Kier alpha value is -2.37. The maximum absolute atomic E-state index is 12.8. The van der Waals surface area contributed by atoms with E-state index in [1.165, 1.54) is 154 Å². The van der Waals surface area contributed by atoms with Crippen molar-refractivity contribution in [2.45, 2.75) is 284 Å². The van der Waals surface area contributed by atoms with Crippen molar-refractivity contribution in [2.24, 2.45) is 0 Å². The highest BCUT2D eigenvalue weighted by Gasteiger charge is 2.19. The lowest BCUT2D eigenvalue weighted by atomic mass is 10.1. The van der Waals surface area contributed by atoms with Gasteiger partial charge in [-0.15, -0.1) is 0 Å². The predicted octanol–water partition coefficient (Wildman–Crippen LogP) is 17.3. The number of unbranched alkanes of at least 4 members (excludes halogenated alkanes) is 31. The molecular weight excluding hydrogens is 757 g/mol. The lowest BCUT2D eigenvalue weighted by Crippen LogP contribution is -2.30. The Bertz CT molecular complexity index is 975. The van der Waals surface area contributed by atoms with Gasteiger partial charge >= 0.3 is 17.9 Å². The van der Waals surface area contributed by atoms with Crippen LogP contribution in [0, 0.1) is 0 Å². The maximum Gasteiger partial charge on any atom is 0.306 e. The lowest BCUT2D eigenvalue weighted by molar-refractivity contribution is -0.167. The summed E-state index contributed by atoms with van der Waals surface area (Å²) in [4.78, 5) is 38.0. The molecule has 0 atom stereocenters. The second-order valence-corrected chi connectivity index (χ2v) is 17.8. The quantitative estimate of drug-likeness (QED) is 0.0262. The van der Waals surface area contributed by atoms with Crippen molar-refractivity contribution in [2.75, 3.05) is 13.2 Å². The third kappa shape index (κ3) is 48.5. The van der Waals surface area contributed by atoms with Crippen LogP contribution in [0.3, 0.4) is 0 Å². The minimum atomic E-state index is -0.780. The van der Waals surface area contributed by atoms with E-state index in [0.29, 0.717) is 19.3 Å². The van der Waals surface area contributed by atoms with E-state index in [9.17, 15) is 14.4 Å². The summed E-state index contributed by atoms with van der Waals surface area (Å²) in [5, 5.41) is 0. The number of ether oxygens (including phenoxy) is 3. The Morgan fingerprint density at radius 3 is 0.836 bits per heavy atom. The molecule has 0 saturated carbocycles. The Balaban J connectivity index is 4.39. The molecule has 0 aliphatic rings. The average Bonchev–Trinajstić information content (AvgIpc) is 3.26. The fourth-order valence-electron chi connectivity index (χ4n) is 7.54. The van der Waals surface area contributed by atoms with Crippen LogP contribution in [0.1, 0.15) is 278 Å². The molecule has 6 nitrogen and oxygen atoms in total. The number of carbonyl (C=O) groups is 3. The molecule has 0 heterocycles. The maximum atomic E-state index is 12.8. The average molecular weight is 857 g/mol. The molecule has 0 fully saturated rings. The SMILES string of the molecule is CCCCCC/C=C\CCCCCCCC(=O)OC(COC(=O)CCCCCCC/C=C\CCCCCCCC)COC(=O)CCCCCCC/C=C\CCCCCCCC. The van der Waals surface area contributed by atoms with Gasteiger partial charge in [0, 0.05) is 19.3 Å². The molecule has 0 N–H and O–H groups in total. The standard InChI is InChI=1S/C55H100O6/c1-4-7-10-13-16-19-22-25-27-30-32-35-38-41-44-47-53(56)59-50-52(61-55(58)49-46-43-40-37-34-29-24-21-18-15-12-9-6-3)51-60-54(57)48-45-42-39-36-33-31-28-26-23-20-17-14-11-8-5-2/h21,24-28,52H,4-20,22-23,29-51H2,1-3H3/b24-21-,27-25-,28-26-. The summed E-state index contributed by atoms with van der Waals surface area (Å²) < 4.78 is 16.8. The molecule has 0 aliphatic heterocycles. The zero-order valence-corrected chi connectivity index (χ0v) is 40.7. The van der Waals surface area contributed by atoms with Crippen LogP contribution < -0.4 is 0 Å². The number of rotatable bonds is 48. The van der Waals surface area contributed by atoms with Gasteiger partial charge in [0.2, 0.25) is 0 Å². The molecule has 0 radical (unpaired) electrons. The van der Waals surface area contributed by atoms with E-state index in [-0.39, 0.29) is 31.1 Å². The van der Waals surface area contributed by atoms with Crippen LogP contribution in [-0.2, 0) is 28.6 Å². The molecule has 0 rings (SSSR count). The van der Waals surface area contributed by atoms with Gasteiger partial charge in [0.05, 0.1) is 0 Å². The molecule has 0 bridgehead atoms. The van der Waals surface area contributed by atoms with E-state index in [4.69, 9.17) is 14.2 Å².